The van der Waals surface area contributed by atoms with Crippen LogP contribution in [0.5, 0.6) is 0 Å². The molecule has 0 aliphatic heterocycles. The fraction of sp³-hybridized carbons (Fsp3) is 0.400. The van der Waals surface area contributed by atoms with Crippen LogP contribution >= 0.6 is 22.9 Å². The number of fused-ring (bicyclic) bond motifs is 1. The lowest BCUT2D eigenvalue weighted by molar-refractivity contribution is 0.0958. The summed E-state index contributed by atoms with van der Waals surface area (Å²) in [6.07, 6.45) is 3.50. The van der Waals surface area contributed by atoms with Crippen LogP contribution in [0.2, 0.25) is 5.02 Å². The topological polar surface area (TPSA) is 67.2 Å². The highest BCUT2D eigenvalue weighted by molar-refractivity contribution is 7.21. The van der Waals surface area contributed by atoms with Gasteiger partial charge in [-0.3, -0.25) is 4.79 Å². The molecule has 21 heavy (non-hydrogen) atoms. The van der Waals surface area contributed by atoms with E-state index in [1.165, 1.54) is 24.2 Å². The summed E-state index contributed by atoms with van der Waals surface area (Å²) >= 11 is 7.38. The monoisotopic (exact) mass is 323 g/mol. The molecule has 4 N–H and O–H groups in total. The van der Waals surface area contributed by atoms with Crippen LogP contribution in [0, 0.1) is 0 Å². The first-order valence-electron chi connectivity index (χ1n) is 7.14. The number of hydrogen-bond donors (Lipinski definition) is 3. The Labute approximate surface area is 132 Å². The van der Waals surface area contributed by atoms with Gasteiger partial charge in [0.15, 0.2) is 0 Å². The Morgan fingerprint density at radius 2 is 2.19 bits per heavy atom. The van der Waals surface area contributed by atoms with Gasteiger partial charge in [-0.1, -0.05) is 11.6 Å². The summed E-state index contributed by atoms with van der Waals surface area (Å²) in [4.78, 5) is 12.8. The zero-order chi connectivity index (χ0) is 14.8. The molecule has 0 radical (unpaired) electrons. The summed E-state index contributed by atoms with van der Waals surface area (Å²) in [5.41, 5.74) is 6.59. The minimum Gasteiger partial charge on any atom is -0.397 e. The van der Waals surface area contributed by atoms with Crippen molar-refractivity contribution >= 4 is 44.6 Å². The molecular formula is C15H18ClN3OS. The minimum absolute atomic E-state index is 0.101. The van der Waals surface area contributed by atoms with Crippen molar-refractivity contribution in [2.24, 2.45) is 0 Å². The van der Waals surface area contributed by atoms with Crippen molar-refractivity contribution < 1.29 is 4.79 Å². The van der Waals surface area contributed by atoms with Gasteiger partial charge >= 0.3 is 0 Å². The van der Waals surface area contributed by atoms with Crippen LogP contribution in [0.4, 0.5) is 5.69 Å². The number of hydrogen-bond acceptors (Lipinski definition) is 4. The van der Waals surface area contributed by atoms with Crippen LogP contribution in [-0.4, -0.2) is 25.0 Å². The van der Waals surface area contributed by atoms with Crippen molar-refractivity contribution in [3.63, 3.8) is 0 Å². The highest BCUT2D eigenvalue weighted by Gasteiger charge is 2.19. The number of halogens is 1. The van der Waals surface area contributed by atoms with Gasteiger partial charge in [0, 0.05) is 27.7 Å². The largest absolute Gasteiger partial charge is 0.397 e. The number of thiophene rings is 1. The molecule has 0 spiro atoms. The van der Waals surface area contributed by atoms with Crippen LogP contribution in [0.25, 0.3) is 10.1 Å². The Hall–Kier alpha value is -1.30. The molecule has 4 nitrogen and oxygen atoms in total. The Morgan fingerprint density at radius 3 is 2.95 bits per heavy atom. The maximum Gasteiger partial charge on any atom is 0.263 e. The van der Waals surface area contributed by atoms with Gasteiger partial charge in [-0.25, -0.2) is 0 Å². The molecule has 0 atom stereocenters. The molecule has 0 bridgehead atoms. The van der Waals surface area contributed by atoms with E-state index in [9.17, 15) is 4.79 Å². The van der Waals surface area contributed by atoms with Crippen LogP contribution in [-0.2, 0) is 0 Å². The van der Waals surface area contributed by atoms with Gasteiger partial charge in [0.1, 0.15) is 4.88 Å². The number of benzene rings is 1. The van der Waals surface area contributed by atoms with Crippen LogP contribution in [0.15, 0.2) is 18.2 Å². The molecule has 1 amide bonds. The van der Waals surface area contributed by atoms with E-state index in [4.69, 9.17) is 17.3 Å². The molecule has 1 aromatic carbocycles. The lowest BCUT2D eigenvalue weighted by Crippen LogP contribution is -2.27. The van der Waals surface area contributed by atoms with E-state index < -0.39 is 0 Å². The van der Waals surface area contributed by atoms with E-state index in [2.05, 4.69) is 10.6 Å². The number of carbonyl (C=O) groups is 1. The minimum atomic E-state index is -0.101. The van der Waals surface area contributed by atoms with E-state index in [0.29, 0.717) is 28.2 Å². The van der Waals surface area contributed by atoms with Gasteiger partial charge in [0.25, 0.3) is 5.91 Å². The maximum absolute atomic E-state index is 12.2. The van der Waals surface area contributed by atoms with Gasteiger partial charge in [-0.15, -0.1) is 11.3 Å². The third kappa shape index (κ3) is 3.48. The van der Waals surface area contributed by atoms with Crippen molar-refractivity contribution in [3.05, 3.63) is 28.1 Å². The number of anilines is 1. The second-order valence-corrected chi connectivity index (χ2v) is 6.81. The van der Waals surface area contributed by atoms with Gasteiger partial charge in [-0.05, 0) is 44.0 Å². The van der Waals surface area contributed by atoms with E-state index in [0.717, 1.165) is 23.1 Å². The Morgan fingerprint density at radius 1 is 1.38 bits per heavy atom. The van der Waals surface area contributed by atoms with Crippen molar-refractivity contribution in [1.82, 2.24) is 10.6 Å². The first kappa shape index (κ1) is 14.6. The Balaban J connectivity index is 1.59. The van der Waals surface area contributed by atoms with Gasteiger partial charge in [-0.2, -0.15) is 0 Å². The average Bonchev–Trinajstić information content (AvgIpc) is 3.23. The molecular weight excluding hydrogens is 306 g/mol. The molecule has 0 saturated heterocycles. The highest BCUT2D eigenvalue weighted by Crippen LogP contribution is 2.35. The summed E-state index contributed by atoms with van der Waals surface area (Å²) in [7, 11) is 0. The molecule has 1 saturated carbocycles. The molecule has 6 heteroatoms. The number of nitrogens with two attached hydrogens (primary N) is 1. The predicted octanol–water partition coefficient (Wildman–Crippen LogP) is 3.01. The fourth-order valence-electron chi connectivity index (χ4n) is 2.22. The fourth-order valence-corrected chi connectivity index (χ4v) is 3.41. The van der Waals surface area contributed by atoms with Crippen molar-refractivity contribution in [2.75, 3.05) is 18.8 Å². The molecule has 2 aromatic rings. The Kier molecular flexibility index (Phi) is 4.33. The molecule has 1 aliphatic carbocycles. The number of rotatable bonds is 6. The lowest BCUT2D eigenvalue weighted by Gasteiger charge is -2.05. The summed E-state index contributed by atoms with van der Waals surface area (Å²) in [5.74, 6) is -0.101. The zero-order valence-electron chi connectivity index (χ0n) is 11.6. The first-order valence-corrected chi connectivity index (χ1v) is 8.33. The quantitative estimate of drug-likeness (QED) is 0.716. The van der Waals surface area contributed by atoms with Gasteiger partial charge in [0.2, 0.25) is 0 Å². The van der Waals surface area contributed by atoms with E-state index in [1.54, 1.807) is 6.07 Å². The molecule has 3 rings (SSSR count). The third-order valence-corrected chi connectivity index (χ3v) is 4.96. The van der Waals surface area contributed by atoms with Crippen LogP contribution in [0.3, 0.4) is 0 Å². The summed E-state index contributed by atoms with van der Waals surface area (Å²) in [5, 5.41) is 7.83. The summed E-state index contributed by atoms with van der Waals surface area (Å²) < 4.78 is 0.984. The summed E-state index contributed by atoms with van der Waals surface area (Å²) in [6.45, 7) is 1.61. The number of carbonyl (C=O) groups excluding carboxylic acids is 1. The molecule has 112 valence electrons. The molecule has 1 heterocycles. The van der Waals surface area contributed by atoms with Crippen molar-refractivity contribution in [1.29, 1.82) is 0 Å². The van der Waals surface area contributed by atoms with E-state index in [1.807, 2.05) is 12.1 Å². The number of nitrogen functional groups attached to an aromatic ring is 1. The maximum atomic E-state index is 12.2. The van der Waals surface area contributed by atoms with E-state index >= 15 is 0 Å². The zero-order valence-corrected chi connectivity index (χ0v) is 13.2. The molecule has 1 fully saturated rings. The smallest absolute Gasteiger partial charge is 0.263 e. The highest BCUT2D eigenvalue weighted by atomic mass is 35.5. The number of amides is 1. The standard InChI is InChI=1S/C15H18ClN3OS/c16-9-2-5-12-11(8-9)13(17)14(21-12)15(20)19-7-1-6-18-10-3-4-10/h2,5,8,10,18H,1,3-4,6-7,17H2,(H,19,20). The van der Waals surface area contributed by atoms with Crippen LogP contribution < -0.4 is 16.4 Å². The summed E-state index contributed by atoms with van der Waals surface area (Å²) in [6, 6.07) is 6.22. The number of nitrogens with one attached hydrogen (secondary N) is 2. The van der Waals surface area contributed by atoms with Crippen LogP contribution in [0.1, 0.15) is 28.9 Å². The van der Waals surface area contributed by atoms with Crippen molar-refractivity contribution in [2.45, 2.75) is 25.3 Å². The third-order valence-electron chi connectivity index (χ3n) is 3.54. The van der Waals surface area contributed by atoms with E-state index in [-0.39, 0.29) is 5.91 Å². The molecule has 0 unspecified atom stereocenters. The second kappa shape index (κ2) is 6.22. The van der Waals surface area contributed by atoms with Gasteiger partial charge in [0.05, 0.1) is 5.69 Å². The lowest BCUT2D eigenvalue weighted by atomic mass is 10.2. The second-order valence-electron chi connectivity index (χ2n) is 5.32. The first-order chi connectivity index (χ1) is 10.1. The average molecular weight is 324 g/mol. The predicted molar refractivity (Wildman–Crippen MR) is 89.2 cm³/mol. The normalized spacial score (nSPS) is 14.5. The van der Waals surface area contributed by atoms with Gasteiger partial charge < -0.3 is 16.4 Å². The SMILES string of the molecule is Nc1c(C(=O)NCCCNC2CC2)sc2ccc(Cl)cc12. The Bertz CT molecular complexity index is 666. The molecule has 1 aliphatic rings. The molecule has 1 aromatic heterocycles. The van der Waals surface area contributed by atoms with Crippen molar-refractivity contribution in [3.8, 4) is 0 Å².